The molecule has 0 amide bonds. The molecule has 3 heteroatoms. The number of likely N-dealkylation sites (N-methyl/N-ethyl adjacent to an activating group) is 1. The molecule has 0 spiro atoms. The highest BCUT2D eigenvalue weighted by Crippen LogP contribution is 2.22. The van der Waals surface area contributed by atoms with Gasteiger partial charge in [-0.15, -0.1) is 0 Å². The molecule has 2 unspecified atom stereocenters. The van der Waals surface area contributed by atoms with Gasteiger partial charge < -0.3 is 15.0 Å². The minimum atomic E-state index is 0.667. The van der Waals surface area contributed by atoms with E-state index in [2.05, 4.69) is 24.2 Å². The smallest absolute Gasteiger partial charge is 0.0506 e. The molecule has 3 nitrogen and oxygen atoms in total. The number of hydrogen-bond donors (Lipinski definition) is 1. The first-order valence-corrected chi connectivity index (χ1v) is 7.28. The van der Waals surface area contributed by atoms with Crippen molar-refractivity contribution < 1.29 is 4.74 Å². The summed E-state index contributed by atoms with van der Waals surface area (Å²) in [5.74, 6) is 0.667. The molecule has 17 heavy (non-hydrogen) atoms. The van der Waals surface area contributed by atoms with E-state index in [0.717, 1.165) is 25.8 Å². The van der Waals surface area contributed by atoms with Crippen LogP contribution in [0.4, 0.5) is 0 Å². The molecule has 0 radical (unpaired) electrons. The number of nitrogens with one attached hydrogen (secondary N) is 1. The largest absolute Gasteiger partial charge is 0.381 e. The molecular formula is C14H28N2O. The SMILES string of the molecule is CC1COCCC1NCCN(C)C1CCCC1. The molecule has 1 saturated heterocycles. The molecule has 2 fully saturated rings. The Morgan fingerprint density at radius 2 is 2.00 bits per heavy atom. The van der Waals surface area contributed by atoms with E-state index in [9.17, 15) is 0 Å². The van der Waals surface area contributed by atoms with Crippen molar-refractivity contribution in [1.82, 2.24) is 10.2 Å². The molecule has 2 rings (SSSR count). The average molecular weight is 240 g/mol. The second-order valence-electron chi connectivity index (χ2n) is 5.82. The van der Waals surface area contributed by atoms with E-state index in [0.29, 0.717) is 12.0 Å². The van der Waals surface area contributed by atoms with Crippen molar-refractivity contribution >= 4 is 0 Å². The standard InChI is InChI=1S/C14H28N2O/c1-12-11-17-10-7-14(12)15-8-9-16(2)13-5-3-4-6-13/h12-15H,3-11H2,1-2H3. The maximum atomic E-state index is 5.47. The molecule has 0 bridgehead atoms. The zero-order valence-corrected chi connectivity index (χ0v) is 11.5. The Hall–Kier alpha value is -0.120. The van der Waals surface area contributed by atoms with Crippen LogP contribution in [-0.4, -0.2) is 50.3 Å². The molecule has 100 valence electrons. The van der Waals surface area contributed by atoms with Gasteiger partial charge in [0, 0.05) is 31.8 Å². The summed E-state index contributed by atoms with van der Waals surface area (Å²) < 4.78 is 5.47. The third-order valence-corrected chi connectivity index (χ3v) is 4.46. The quantitative estimate of drug-likeness (QED) is 0.794. The lowest BCUT2D eigenvalue weighted by molar-refractivity contribution is 0.0384. The molecule has 1 N–H and O–H groups in total. The highest BCUT2D eigenvalue weighted by atomic mass is 16.5. The van der Waals surface area contributed by atoms with Gasteiger partial charge in [0.15, 0.2) is 0 Å². The molecule has 0 aromatic carbocycles. The third kappa shape index (κ3) is 3.94. The summed E-state index contributed by atoms with van der Waals surface area (Å²) >= 11 is 0. The van der Waals surface area contributed by atoms with Crippen molar-refractivity contribution in [3.8, 4) is 0 Å². The first kappa shape index (κ1) is 13.3. The molecule has 1 saturated carbocycles. The third-order valence-electron chi connectivity index (χ3n) is 4.46. The Morgan fingerprint density at radius 1 is 1.24 bits per heavy atom. The van der Waals surface area contributed by atoms with Gasteiger partial charge in [-0.2, -0.15) is 0 Å². The van der Waals surface area contributed by atoms with Crippen molar-refractivity contribution in [3.05, 3.63) is 0 Å². The average Bonchev–Trinajstić information content (AvgIpc) is 2.85. The molecule has 1 aliphatic carbocycles. The molecular weight excluding hydrogens is 212 g/mol. The van der Waals surface area contributed by atoms with Gasteiger partial charge in [-0.1, -0.05) is 19.8 Å². The monoisotopic (exact) mass is 240 g/mol. The van der Waals surface area contributed by atoms with Crippen LogP contribution in [0.1, 0.15) is 39.0 Å². The van der Waals surface area contributed by atoms with Gasteiger partial charge >= 0.3 is 0 Å². The first-order chi connectivity index (χ1) is 8.27. The lowest BCUT2D eigenvalue weighted by atomic mass is 9.98. The Balaban J connectivity index is 1.61. The molecule has 0 aromatic rings. The van der Waals surface area contributed by atoms with Crippen LogP contribution in [0.2, 0.25) is 0 Å². The predicted molar refractivity (Wildman–Crippen MR) is 71.3 cm³/mol. The molecule has 2 atom stereocenters. The van der Waals surface area contributed by atoms with Crippen LogP contribution >= 0.6 is 0 Å². The summed E-state index contributed by atoms with van der Waals surface area (Å²) in [7, 11) is 2.28. The maximum Gasteiger partial charge on any atom is 0.0506 e. The molecule has 2 aliphatic rings. The van der Waals surface area contributed by atoms with Crippen LogP contribution in [0.25, 0.3) is 0 Å². The summed E-state index contributed by atoms with van der Waals surface area (Å²) in [6.45, 7) is 6.46. The van der Waals surface area contributed by atoms with Crippen LogP contribution in [0.5, 0.6) is 0 Å². The van der Waals surface area contributed by atoms with E-state index in [1.807, 2.05) is 0 Å². The summed E-state index contributed by atoms with van der Waals surface area (Å²) in [4.78, 5) is 2.55. The summed E-state index contributed by atoms with van der Waals surface area (Å²) in [6, 6.07) is 1.52. The van der Waals surface area contributed by atoms with Gasteiger partial charge in [-0.05, 0) is 32.2 Å². The van der Waals surface area contributed by atoms with Gasteiger partial charge in [-0.3, -0.25) is 0 Å². The van der Waals surface area contributed by atoms with Crippen molar-refractivity contribution in [2.24, 2.45) is 5.92 Å². The molecule has 1 aliphatic heterocycles. The van der Waals surface area contributed by atoms with E-state index in [1.54, 1.807) is 0 Å². The number of nitrogens with zero attached hydrogens (tertiary/aromatic N) is 1. The van der Waals surface area contributed by atoms with Crippen molar-refractivity contribution in [2.45, 2.75) is 51.1 Å². The first-order valence-electron chi connectivity index (χ1n) is 7.28. The Kier molecular flexibility index (Phi) is 5.26. The Morgan fingerprint density at radius 3 is 2.71 bits per heavy atom. The van der Waals surface area contributed by atoms with E-state index in [4.69, 9.17) is 4.74 Å². The highest BCUT2D eigenvalue weighted by molar-refractivity contribution is 4.79. The Bertz CT molecular complexity index is 216. The summed E-state index contributed by atoms with van der Waals surface area (Å²) in [6.07, 6.45) is 6.85. The zero-order valence-electron chi connectivity index (χ0n) is 11.5. The fraction of sp³-hybridized carbons (Fsp3) is 1.00. The molecule has 1 heterocycles. The normalized spacial score (nSPS) is 31.2. The van der Waals surface area contributed by atoms with Gasteiger partial charge in [0.1, 0.15) is 0 Å². The Labute approximate surface area is 106 Å². The number of hydrogen-bond acceptors (Lipinski definition) is 3. The lowest BCUT2D eigenvalue weighted by Gasteiger charge is -2.31. The number of rotatable bonds is 5. The second kappa shape index (κ2) is 6.72. The topological polar surface area (TPSA) is 24.5 Å². The highest BCUT2D eigenvalue weighted by Gasteiger charge is 2.22. The minimum Gasteiger partial charge on any atom is -0.381 e. The number of ether oxygens (including phenoxy) is 1. The van der Waals surface area contributed by atoms with Crippen LogP contribution < -0.4 is 5.32 Å². The predicted octanol–water partition coefficient (Wildman–Crippen LogP) is 1.88. The van der Waals surface area contributed by atoms with E-state index < -0.39 is 0 Å². The maximum absolute atomic E-state index is 5.47. The fourth-order valence-electron chi connectivity index (χ4n) is 3.14. The van der Waals surface area contributed by atoms with Gasteiger partial charge in [0.2, 0.25) is 0 Å². The van der Waals surface area contributed by atoms with E-state index >= 15 is 0 Å². The minimum absolute atomic E-state index is 0.667. The van der Waals surface area contributed by atoms with Gasteiger partial charge in [0.05, 0.1) is 6.61 Å². The lowest BCUT2D eigenvalue weighted by Crippen LogP contribution is -2.45. The van der Waals surface area contributed by atoms with Crippen LogP contribution in [0.3, 0.4) is 0 Å². The van der Waals surface area contributed by atoms with Crippen molar-refractivity contribution in [1.29, 1.82) is 0 Å². The van der Waals surface area contributed by atoms with Gasteiger partial charge in [0.25, 0.3) is 0 Å². The van der Waals surface area contributed by atoms with E-state index in [1.165, 1.54) is 38.6 Å². The van der Waals surface area contributed by atoms with E-state index in [-0.39, 0.29) is 0 Å². The van der Waals surface area contributed by atoms with Crippen LogP contribution in [-0.2, 0) is 4.74 Å². The van der Waals surface area contributed by atoms with Crippen LogP contribution in [0, 0.1) is 5.92 Å². The van der Waals surface area contributed by atoms with Gasteiger partial charge in [-0.25, -0.2) is 0 Å². The zero-order chi connectivity index (χ0) is 12.1. The summed E-state index contributed by atoms with van der Waals surface area (Å²) in [5, 5.41) is 3.70. The fourth-order valence-corrected chi connectivity index (χ4v) is 3.14. The molecule has 0 aromatic heterocycles. The second-order valence-corrected chi connectivity index (χ2v) is 5.82. The van der Waals surface area contributed by atoms with Crippen LogP contribution in [0.15, 0.2) is 0 Å². The van der Waals surface area contributed by atoms with Crippen molar-refractivity contribution in [2.75, 3.05) is 33.4 Å². The summed E-state index contributed by atoms with van der Waals surface area (Å²) in [5.41, 5.74) is 0. The van der Waals surface area contributed by atoms with Crippen molar-refractivity contribution in [3.63, 3.8) is 0 Å².